The highest BCUT2D eigenvalue weighted by Gasteiger charge is 2.46. The molecule has 6 nitrogen and oxygen atoms in total. The lowest BCUT2D eigenvalue weighted by molar-refractivity contribution is -0.915. The van der Waals surface area contributed by atoms with Gasteiger partial charge in [-0.05, 0) is 62.2 Å². The number of benzene rings is 2. The zero-order valence-corrected chi connectivity index (χ0v) is 18.0. The molecule has 2 amide bonds. The van der Waals surface area contributed by atoms with Crippen LogP contribution in [0.4, 0.5) is 11.4 Å². The molecule has 2 fully saturated rings. The van der Waals surface area contributed by atoms with E-state index in [1.165, 1.54) is 26.6 Å². The summed E-state index contributed by atoms with van der Waals surface area (Å²) in [6.07, 6.45) is 0.283. The van der Waals surface area contributed by atoms with E-state index in [1.807, 2.05) is 19.1 Å². The number of ether oxygens (including phenoxy) is 1. The molecule has 0 spiro atoms. The number of carbonyl (C=O) groups excluding carboxylic acids is 2. The summed E-state index contributed by atoms with van der Waals surface area (Å²) < 4.78 is 5.46. The summed E-state index contributed by atoms with van der Waals surface area (Å²) in [7, 11) is 0. The number of imide groups is 1. The van der Waals surface area contributed by atoms with Crippen molar-refractivity contribution in [1.29, 1.82) is 0 Å². The van der Waals surface area contributed by atoms with E-state index in [0.29, 0.717) is 12.3 Å². The fraction of sp³-hybridized carbons (Fsp3) is 0.417. The van der Waals surface area contributed by atoms with Crippen molar-refractivity contribution in [3.05, 3.63) is 53.6 Å². The molecule has 1 atom stereocenters. The van der Waals surface area contributed by atoms with Gasteiger partial charge in [-0.3, -0.25) is 9.59 Å². The zero-order chi connectivity index (χ0) is 21.3. The minimum absolute atomic E-state index is 0.0839. The highest BCUT2D eigenvalue weighted by atomic mass is 16.5. The number of carbonyl (C=O) groups is 2. The van der Waals surface area contributed by atoms with E-state index in [0.717, 1.165) is 31.9 Å². The van der Waals surface area contributed by atoms with Gasteiger partial charge in [0.25, 0.3) is 5.91 Å². The van der Waals surface area contributed by atoms with E-state index in [4.69, 9.17) is 4.74 Å². The summed E-state index contributed by atoms with van der Waals surface area (Å²) in [4.78, 5) is 30.7. The van der Waals surface area contributed by atoms with Crippen LogP contribution in [0.2, 0.25) is 0 Å². The normalized spacial score (nSPS) is 20.2. The molecule has 2 heterocycles. The van der Waals surface area contributed by atoms with Crippen LogP contribution in [0.15, 0.2) is 42.5 Å². The monoisotopic (exact) mass is 408 g/mol. The highest BCUT2D eigenvalue weighted by molar-refractivity contribution is 6.21. The highest BCUT2D eigenvalue weighted by Crippen LogP contribution is 2.25. The lowest BCUT2D eigenvalue weighted by Gasteiger charge is -2.36. The van der Waals surface area contributed by atoms with Gasteiger partial charge in [0, 0.05) is 5.69 Å². The van der Waals surface area contributed by atoms with Gasteiger partial charge in [-0.2, -0.15) is 0 Å². The summed E-state index contributed by atoms with van der Waals surface area (Å²) >= 11 is 0. The van der Waals surface area contributed by atoms with Gasteiger partial charge in [0.15, 0.2) is 6.04 Å². The molecule has 30 heavy (non-hydrogen) atoms. The summed E-state index contributed by atoms with van der Waals surface area (Å²) in [6, 6.07) is 13.4. The largest absolute Gasteiger partial charge is 0.494 e. The number of amides is 2. The average Bonchev–Trinajstić information content (AvgIpc) is 3.05. The van der Waals surface area contributed by atoms with Gasteiger partial charge in [0.2, 0.25) is 5.91 Å². The van der Waals surface area contributed by atoms with E-state index < -0.39 is 0 Å². The predicted molar refractivity (Wildman–Crippen MR) is 117 cm³/mol. The van der Waals surface area contributed by atoms with Crippen LogP contribution in [0.5, 0.6) is 5.75 Å². The first-order valence-electron chi connectivity index (χ1n) is 10.7. The van der Waals surface area contributed by atoms with Crippen molar-refractivity contribution in [2.24, 2.45) is 0 Å². The van der Waals surface area contributed by atoms with Crippen LogP contribution in [0.3, 0.4) is 0 Å². The molecule has 0 saturated carbocycles. The topological polar surface area (TPSA) is 54.3 Å². The number of aryl methyl sites for hydroxylation is 2. The number of rotatable bonds is 5. The lowest BCUT2D eigenvalue weighted by atomic mass is 10.1. The molecule has 1 N–H and O–H groups in total. The second-order valence-electron chi connectivity index (χ2n) is 8.19. The van der Waals surface area contributed by atoms with Crippen LogP contribution in [0.25, 0.3) is 0 Å². The van der Waals surface area contributed by atoms with Crippen molar-refractivity contribution in [2.45, 2.75) is 33.2 Å². The van der Waals surface area contributed by atoms with E-state index in [9.17, 15) is 9.59 Å². The fourth-order valence-electron chi connectivity index (χ4n) is 4.52. The van der Waals surface area contributed by atoms with Crippen LogP contribution in [0.1, 0.15) is 24.5 Å². The average molecular weight is 409 g/mol. The minimum Gasteiger partial charge on any atom is -0.494 e. The number of hydrogen-bond donors (Lipinski definition) is 1. The molecule has 0 unspecified atom stereocenters. The minimum atomic E-state index is -0.287. The number of nitrogens with one attached hydrogen (secondary N) is 1. The molecular weight excluding hydrogens is 378 g/mol. The van der Waals surface area contributed by atoms with Crippen LogP contribution in [0, 0.1) is 13.8 Å². The van der Waals surface area contributed by atoms with E-state index in [2.05, 4.69) is 36.9 Å². The molecule has 0 radical (unpaired) electrons. The number of anilines is 2. The Kier molecular flexibility index (Phi) is 5.77. The third-order valence-corrected chi connectivity index (χ3v) is 6.16. The van der Waals surface area contributed by atoms with Gasteiger partial charge in [-0.1, -0.05) is 12.1 Å². The van der Waals surface area contributed by atoms with Crippen LogP contribution >= 0.6 is 0 Å². The van der Waals surface area contributed by atoms with Crippen molar-refractivity contribution < 1.29 is 19.2 Å². The molecule has 2 aromatic rings. The van der Waals surface area contributed by atoms with Crippen molar-refractivity contribution in [2.75, 3.05) is 42.6 Å². The maximum Gasteiger partial charge on any atom is 0.292 e. The van der Waals surface area contributed by atoms with Crippen molar-refractivity contribution in [3.8, 4) is 5.75 Å². The molecule has 2 aliphatic heterocycles. The van der Waals surface area contributed by atoms with Crippen molar-refractivity contribution in [3.63, 3.8) is 0 Å². The first kappa shape index (κ1) is 20.4. The number of nitrogens with zero attached hydrogens (tertiary/aromatic N) is 2. The van der Waals surface area contributed by atoms with E-state index in [-0.39, 0.29) is 24.3 Å². The molecule has 0 aromatic heterocycles. The molecular formula is C24H30N3O3+. The van der Waals surface area contributed by atoms with Crippen LogP contribution in [-0.4, -0.2) is 50.6 Å². The Morgan fingerprint density at radius 1 is 1.03 bits per heavy atom. The van der Waals surface area contributed by atoms with Crippen LogP contribution < -0.4 is 19.4 Å². The Morgan fingerprint density at radius 3 is 2.40 bits per heavy atom. The third kappa shape index (κ3) is 3.92. The third-order valence-electron chi connectivity index (χ3n) is 6.16. The molecule has 2 aliphatic rings. The molecule has 0 aliphatic carbocycles. The summed E-state index contributed by atoms with van der Waals surface area (Å²) in [6.45, 7) is 10.3. The molecule has 4 rings (SSSR count). The lowest BCUT2D eigenvalue weighted by Crippen LogP contribution is -3.19. The fourth-order valence-corrected chi connectivity index (χ4v) is 4.52. The molecule has 6 heteroatoms. The number of piperazine rings is 1. The van der Waals surface area contributed by atoms with E-state index >= 15 is 0 Å². The Bertz CT molecular complexity index is 933. The first-order chi connectivity index (χ1) is 14.5. The van der Waals surface area contributed by atoms with Crippen molar-refractivity contribution >= 4 is 23.2 Å². The Balaban J connectivity index is 1.43. The maximum absolute atomic E-state index is 13.1. The number of hydrogen-bond acceptors (Lipinski definition) is 4. The zero-order valence-electron chi connectivity index (χ0n) is 18.0. The first-order valence-corrected chi connectivity index (χ1v) is 10.7. The predicted octanol–water partition coefficient (Wildman–Crippen LogP) is 1.74. The molecule has 2 saturated heterocycles. The second-order valence-corrected chi connectivity index (χ2v) is 8.19. The van der Waals surface area contributed by atoms with Gasteiger partial charge in [-0.15, -0.1) is 0 Å². The summed E-state index contributed by atoms with van der Waals surface area (Å²) in [5, 5.41) is 0. The smallest absolute Gasteiger partial charge is 0.292 e. The van der Waals surface area contributed by atoms with E-state index in [1.54, 1.807) is 12.1 Å². The number of quaternary nitrogens is 1. The Hall–Kier alpha value is -2.86. The Labute approximate surface area is 178 Å². The van der Waals surface area contributed by atoms with Gasteiger partial charge in [0.05, 0.1) is 44.9 Å². The van der Waals surface area contributed by atoms with Gasteiger partial charge in [-0.25, -0.2) is 4.90 Å². The summed E-state index contributed by atoms with van der Waals surface area (Å²) in [5.41, 5.74) is 4.44. The Morgan fingerprint density at radius 2 is 1.73 bits per heavy atom. The maximum atomic E-state index is 13.1. The second kappa shape index (κ2) is 8.48. The molecule has 158 valence electrons. The van der Waals surface area contributed by atoms with Gasteiger partial charge < -0.3 is 14.5 Å². The quantitative estimate of drug-likeness (QED) is 0.766. The van der Waals surface area contributed by atoms with Crippen LogP contribution in [-0.2, 0) is 9.59 Å². The van der Waals surface area contributed by atoms with Gasteiger partial charge >= 0.3 is 0 Å². The molecule has 2 aromatic carbocycles. The van der Waals surface area contributed by atoms with Gasteiger partial charge in [0.1, 0.15) is 5.75 Å². The standard InChI is InChI=1S/C24H29N3O3/c1-4-30-20-9-7-19(8-10-20)27-23(28)16-22(24(27)29)26-13-11-25(12-14-26)21-15-17(2)5-6-18(21)3/h5-10,15,22H,4,11-14,16H2,1-3H3/p+1/t22-/m0/s1. The summed E-state index contributed by atoms with van der Waals surface area (Å²) in [5.74, 6) is 0.544. The SMILES string of the molecule is CCOc1ccc(N2C(=O)C[C@H]([NH+]3CCN(c4cc(C)ccc4C)CC3)C2=O)cc1. The van der Waals surface area contributed by atoms with Crippen molar-refractivity contribution in [1.82, 2.24) is 0 Å². The molecule has 0 bridgehead atoms.